The maximum atomic E-state index is 13.4. The second kappa shape index (κ2) is 7.49. The van der Waals surface area contributed by atoms with Crippen molar-refractivity contribution in [1.82, 2.24) is 10.2 Å². The smallest absolute Gasteiger partial charge is 0.267 e. The third kappa shape index (κ3) is 3.69. The van der Waals surface area contributed by atoms with Crippen LogP contribution in [0.1, 0.15) is 41.1 Å². The molecule has 0 aromatic heterocycles. The molecule has 2 heterocycles. The van der Waals surface area contributed by atoms with Gasteiger partial charge in [0.15, 0.2) is 0 Å². The van der Waals surface area contributed by atoms with E-state index in [1.165, 1.54) is 10.5 Å². The Bertz CT molecular complexity index is 805. The van der Waals surface area contributed by atoms with Crippen molar-refractivity contribution >= 4 is 29.1 Å². The fourth-order valence-corrected chi connectivity index (χ4v) is 4.02. The van der Waals surface area contributed by atoms with Gasteiger partial charge in [-0.25, -0.2) is 8.78 Å². The molecular weight excluding hydrogens is 358 g/mol. The zero-order valence-corrected chi connectivity index (χ0v) is 15.3. The van der Waals surface area contributed by atoms with Gasteiger partial charge in [-0.3, -0.25) is 4.79 Å². The van der Waals surface area contributed by atoms with Gasteiger partial charge < -0.3 is 10.2 Å². The van der Waals surface area contributed by atoms with Crippen LogP contribution < -0.4 is 5.32 Å². The quantitative estimate of drug-likeness (QED) is 0.846. The van der Waals surface area contributed by atoms with Crippen molar-refractivity contribution in [2.75, 3.05) is 26.2 Å². The molecule has 2 aromatic carbocycles. The zero-order valence-electron chi connectivity index (χ0n) is 14.5. The van der Waals surface area contributed by atoms with Crippen LogP contribution in [-0.4, -0.2) is 42.9 Å². The number of hydrogen-bond acceptors (Lipinski definition) is 2. The molecule has 2 aromatic rings. The van der Waals surface area contributed by atoms with Crippen LogP contribution in [-0.2, 0) is 0 Å². The zero-order chi connectivity index (χ0) is 17.4. The Kier molecular flexibility index (Phi) is 5.49. The van der Waals surface area contributed by atoms with E-state index in [0.717, 1.165) is 36.7 Å². The lowest BCUT2D eigenvalue weighted by Crippen LogP contribution is -2.31. The molecule has 0 radical (unpaired) electrons. The Morgan fingerprint density at radius 2 is 1.92 bits per heavy atom. The Hall–Kier alpha value is -1.72. The molecule has 2 aliphatic heterocycles. The second-order valence-electron chi connectivity index (χ2n) is 7.14. The predicted molar refractivity (Wildman–Crippen MR) is 102 cm³/mol. The van der Waals surface area contributed by atoms with Crippen LogP contribution >= 0.6 is 12.4 Å². The Morgan fingerprint density at radius 3 is 2.62 bits per heavy atom. The monoisotopic (exact) mass is 380 g/mol. The molecule has 6 heteroatoms. The van der Waals surface area contributed by atoms with Gasteiger partial charge in [-0.1, -0.05) is 24.3 Å². The third-order valence-electron chi connectivity index (χ3n) is 5.40. The van der Waals surface area contributed by atoms with Gasteiger partial charge in [-0.15, -0.1) is 12.4 Å². The number of fused-ring (bicyclic) bond motifs is 1. The minimum atomic E-state index is -2.76. The normalized spacial score (nSPS) is 20.2. The number of nitrogens with zero attached hydrogens (tertiary/aromatic N) is 1. The maximum Gasteiger partial charge on any atom is 0.267 e. The van der Waals surface area contributed by atoms with Crippen LogP contribution in [0.25, 0.3) is 10.8 Å². The first-order chi connectivity index (χ1) is 12.0. The summed E-state index contributed by atoms with van der Waals surface area (Å²) >= 11 is 0. The summed E-state index contributed by atoms with van der Waals surface area (Å²) in [6.07, 6.45) is 1.98. The number of hydrogen-bond donors (Lipinski definition) is 1. The summed E-state index contributed by atoms with van der Waals surface area (Å²) in [5.74, 6) is -2.52. The van der Waals surface area contributed by atoms with Crippen molar-refractivity contribution in [2.24, 2.45) is 0 Å². The molecule has 140 valence electrons. The molecule has 26 heavy (non-hydrogen) atoms. The van der Waals surface area contributed by atoms with Crippen LogP contribution in [0.5, 0.6) is 0 Å². The Balaban J connectivity index is 0.00000196. The number of alkyl halides is 2. The third-order valence-corrected chi connectivity index (χ3v) is 5.40. The Labute approximate surface area is 158 Å². The summed E-state index contributed by atoms with van der Waals surface area (Å²) < 4.78 is 26.8. The molecular formula is C20H23ClF2N2O. The van der Waals surface area contributed by atoms with E-state index in [2.05, 4.69) is 11.4 Å². The van der Waals surface area contributed by atoms with E-state index in [9.17, 15) is 13.6 Å². The highest BCUT2D eigenvalue weighted by Gasteiger charge is 2.40. The Morgan fingerprint density at radius 1 is 1.15 bits per heavy atom. The number of nitrogens with one attached hydrogen (secondary N) is 1. The van der Waals surface area contributed by atoms with Crippen LogP contribution in [0.2, 0.25) is 0 Å². The highest BCUT2D eigenvalue weighted by atomic mass is 35.5. The van der Waals surface area contributed by atoms with E-state index in [0.29, 0.717) is 11.5 Å². The number of benzene rings is 2. The van der Waals surface area contributed by atoms with E-state index >= 15 is 0 Å². The van der Waals surface area contributed by atoms with Crippen LogP contribution in [0.4, 0.5) is 8.78 Å². The number of halogens is 3. The summed E-state index contributed by atoms with van der Waals surface area (Å²) in [7, 11) is 0. The van der Waals surface area contributed by atoms with Crippen molar-refractivity contribution in [2.45, 2.75) is 31.1 Å². The highest BCUT2D eigenvalue weighted by Crippen LogP contribution is 2.33. The standard InChI is InChI=1S/C20H22F2N2O.ClH/c21-20(22)8-11-24(13-20)19(25)16-4-5-18-15(12-16)2-1-3-17(18)14-6-9-23-10-7-14;/h1-5,12,14,23H,6-11,13H2;1H. The lowest BCUT2D eigenvalue weighted by Gasteiger charge is -2.24. The van der Waals surface area contributed by atoms with E-state index in [1.54, 1.807) is 6.07 Å². The SMILES string of the molecule is Cl.O=C(c1ccc2c(C3CCNCC3)cccc2c1)N1CCC(F)(F)C1. The molecule has 3 nitrogen and oxygen atoms in total. The number of amides is 1. The van der Waals surface area contributed by atoms with Crippen molar-refractivity contribution in [1.29, 1.82) is 0 Å². The number of carbonyl (C=O) groups excluding carboxylic acids is 1. The fourth-order valence-electron chi connectivity index (χ4n) is 4.02. The summed E-state index contributed by atoms with van der Waals surface area (Å²) in [5.41, 5.74) is 1.82. The molecule has 4 rings (SSSR count). The average Bonchev–Trinajstić information content (AvgIpc) is 3.00. The van der Waals surface area contributed by atoms with Gasteiger partial charge in [0.25, 0.3) is 11.8 Å². The molecule has 0 saturated carbocycles. The first-order valence-electron chi connectivity index (χ1n) is 8.94. The molecule has 1 N–H and O–H groups in total. The van der Waals surface area contributed by atoms with Gasteiger partial charge in [-0.05, 0) is 60.3 Å². The number of carbonyl (C=O) groups is 1. The van der Waals surface area contributed by atoms with Crippen molar-refractivity contribution < 1.29 is 13.6 Å². The lowest BCUT2D eigenvalue weighted by atomic mass is 9.86. The topological polar surface area (TPSA) is 32.3 Å². The van der Waals surface area contributed by atoms with E-state index in [-0.39, 0.29) is 31.3 Å². The van der Waals surface area contributed by atoms with Crippen LogP contribution in [0.3, 0.4) is 0 Å². The molecule has 0 atom stereocenters. The number of rotatable bonds is 2. The summed E-state index contributed by atoms with van der Waals surface area (Å²) in [6, 6.07) is 11.8. The molecule has 0 spiro atoms. The molecule has 0 aliphatic carbocycles. The molecule has 1 amide bonds. The first kappa shape index (κ1) is 19.1. The largest absolute Gasteiger partial charge is 0.332 e. The van der Waals surface area contributed by atoms with Crippen LogP contribution in [0, 0.1) is 0 Å². The molecule has 0 bridgehead atoms. The fraction of sp³-hybridized carbons (Fsp3) is 0.450. The van der Waals surface area contributed by atoms with Gasteiger partial charge in [0.1, 0.15) is 0 Å². The molecule has 0 unspecified atom stereocenters. The van der Waals surface area contributed by atoms with Crippen LogP contribution in [0.15, 0.2) is 36.4 Å². The van der Waals surface area contributed by atoms with Crippen molar-refractivity contribution in [3.63, 3.8) is 0 Å². The van der Waals surface area contributed by atoms with Gasteiger partial charge in [0.05, 0.1) is 6.54 Å². The van der Waals surface area contributed by atoms with E-state index in [1.807, 2.05) is 24.3 Å². The number of piperidine rings is 1. The molecule has 2 fully saturated rings. The van der Waals surface area contributed by atoms with Gasteiger partial charge in [0.2, 0.25) is 0 Å². The van der Waals surface area contributed by atoms with Gasteiger partial charge >= 0.3 is 0 Å². The predicted octanol–water partition coefficient (Wildman–Crippen LogP) is 4.21. The second-order valence-corrected chi connectivity index (χ2v) is 7.14. The minimum Gasteiger partial charge on any atom is -0.332 e. The van der Waals surface area contributed by atoms with Crippen molar-refractivity contribution in [3.8, 4) is 0 Å². The van der Waals surface area contributed by atoms with Crippen molar-refractivity contribution in [3.05, 3.63) is 47.5 Å². The maximum absolute atomic E-state index is 13.4. The molecule has 2 aliphatic rings. The van der Waals surface area contributed by atoms with E-state index < -0.39 is 12.5 Å². The summed E-state index contributed by atoms with van der Waals surface area (Å²) in [5, 5.41) is 5.55. The van der Waals surface area contributed by atoms with Gasteiger partial charge in [0, 0.05) is 18.5 Å². The minimum absolute atomic E-state index is 0. The summed E-state index contributed by atoms with van der Waals surface area (Å²) in [6.45, 7) is 1.71. The van der Waals surface area contributed by atoms with Gasteiger partial charge in [-0.2, -0.15) is 0 Å². The lowest BCUT2D eigenvalue weighted by molar-refractivity contribution is 0.0120. The highest BCUT2D eigenvalue weighted by molar-refractivity contribution is 5.99. The first-order valence-corrected chi connectivity index (χ1v) is 8.94. The van der Waals surface area contributed by atoms with E-state index in [4.69, 9.17) is 0 Å². The summed E-state index contributed by atoms with van der Waals surface area (Å²) in [4.78, 5) is 13.8. The average molecular weight is 381 g/mol. The molecule has 2 saturated heterocycles. The number of likely N-dealkylation sites (tertiary alicyclic amines) is 1.